The Morgan fingerprint density at radius 3 is 3.14 bits per heavy atom. The van der Waals surface area contributed by atoms with E-state index in [0.29, 0.717) is 18.8 Å². The van der Waals surface area contributed by atoms with E-state index < -0.39 is 0 Å². The minimum absolute atomic E-state index is 0.0243. The molecule has 0 radical (unpaired) electrons. The fraction of sp³-hybridized carbons (Fsp3) is 0.333. The minimum atomic E-state index is -0.0243. The van der Waals surface area contributed by atoms with Gasteiger partial charge in [0.25, 0.3) is 0 Å². The molecule has 3 N–H and O–H groups in total. The zero-order valence-corrected chi connectivity index (χ0v) is 12.0. The summed E-state index contributed by atoms with van der Waals surface area (Å²) in [6, 6.07) is 5.52. The van der Waals surface area contributed by atoms with E-state index in [4.69, 9.17) is 5.73 Å². The highest BCUT2D eigenvalue weighted by Gasteiger charge is 2.19. The van der Waals surface area contributed by atoms with Gasteiger partial charge in [-0.25, -0.2) is 4.98 Å². The first-order valence-corrected chi connectivity index (χ1v) is 7.00. The van der Waals surface area contributed by atoms with Gasteiger partial charge in [-0.1, -0.05) is 6.07 Å². The lowest BCUT2D eigenvalue weighted by molar-refractivity contribution is -0.117. The van der Waals surface area contributed by atoms with E-state index in [2.05, 4.69) is 19.8 Å². The van der Waals surface area contributed by atoms with Crippen LogP contribution in [0.3, 0.4) is 0 Å². The van der Waals surface area contributed by atoms with Crippen LogP contribution in [-0.2, 0) is 17.9 Å². The molecule has 6 nitrogen and oxygen atoms in total. The Bertz CT molecular complexity index is 664. The molecule has 0 atom stereocenters. The number of hydrogen-bond acceptors (Lipinski definition) is 4. The number of nitrogens with two attached hydrogens (primary N) is 1. The molecule has 0 spiro atoms. The predicted octanol–water partition coefficient (Wildman–Crippen LogP) is 1.23. The molecule has 3 rings (SSSR count). The summed E-state index contributed by atoms with van der Waals surface area (Å²) in [5.41, 5.74) is 8.19. The van der Waals surface area contributed by atoms with Crippen LogP contribution in [0.2, 0.25) is 0 Å². The molecule has 0 unspecified atom stereocenters. The topological polar surface area (TPSA) is 76.2 Å². The Morgan fingerprint density at radius 1 is 1.43 bits per heavy atom. The van der Waals surface area contributed by atoms with E-state index in [0.717, 1.165) is 30.2 Å². The Balaban J connectivity index is 1.61. The van der Waals surface area contributed by atoms with Crippen molar-refractivity contribution in [2.75, 3.05) is 24.1 Å². The lowest BCUT2D eigenvalue weighted by Crippen LogP contribution is -2.39. The van der Waals surface area contributed by atoms with Gasteiger partial charge in [0.15, 0.2) is 0 Å². The highest BCUT2D eigenvalue weighted by molar-refractivity contribution is 5.93. The lowest BCUT2D eigenvalue weighted by atomic mass is 10.2. The monoisotopic (exact) mass is 285 g/mol. The van der Waals surface area contributed by atoms with Crippen molar-refractivity contribution in [3.05, 3.63) is 42.0 Å². The van der Waals surface area contributed by atoms with Crippen LogP contribution in [0.4, 0.5) is 11.4 Å². The average molecular weight is 285 g/mol. The maximum Gasteiger partial charge on any atom is 0.238 e. The van der Waals surface area contributed by atoms with Gasteiger partial charge in [0, 0.05) is 36.9 Å². The molecule has 1 aromatic carbocycles. The first kappa shape index (κ1) is 13.6. The number of aryl methyl sites for hydroxylation is 1. The van der Waals surface area contributed by atoms with Crippen molar-refractivity contribution >= 4 is 17.3 Å². The van der Waals surface area contributed by atoms with Crippen LogP contribution < -0.4 is 11.1 Å². The van der Waals surface area contributed by atoms with Gasteiger partial charge in [-0.2, -0.15) is 0 Å². The molecule has 0 bridgehead atoms. The third-order valence-corrected chi connectivity index (χ3v) is 3.73. The fourth-order valence-electron chi connectivity index (χ4n) is 2.53. The van der Waals surface area contributed by atoms with Crippen molar-refractivity contribution in [3.63, 3.8) is 0 Å². The van der Waals surface area contributed by atoms with Crippen LogP contribution >= 0.6 is 0 Å². The fourth-order valence-corrected chi connectivity index (χ4v) is 2.53. The van der Waals surface area contributed by atoms with Crippen LogP contribution in [0.25, 0.3) is 0 Å². The SMILES string of the molecule is Cc1ccc(N)cc1NC(=O)CN1CCn2ccnc2C1. The molecule has 2 aromatic rings. The molecule has 2 heterocycles. The summed E-state index contributed by atoms with van der Waals surface area (Å²) < 4.78 is 2.12. The molecule has 110 valence electrons. The Hall–Kier alpha value is -2.34. The van der Waals surface area contributed by atoms with Gasteiger partial charge < -0.3 is 15.6 Å². The molecule has 1 aromatic heterocycles. The molecule has 0 aliphatic carbocycles. The van der Waals surface area contributed by atoms with E-state index in [9.17, 15) is 4.79 Å². The molecule has 0 saturated carbocycles. The first-order valence-electron chi connectivity index (χ1n) is 7.00. The van der Waals surface area contributed by atoms with Gasteiger partial charge in [-0.15, -0.1) is 0 Å². The van der Waals surface area contributed by atoms with Crippen LogP contribution in [0.15, 0.2) is 30.6 Å². The standard InChI is InChI=1S/C15H19N5O/c1-11-2-3-12(16)8-13(11)18-15(21)10-19-6-7-20-5-4-17-14(20)9-19/h2-5,8H,6-7,9-10,16H2,1H3,(H,18,21). The van der Waals surface area contributed by atoms with Crippen molar-refractivity contribution in [1.82, 2.24) is 14.5 Å². The predicted molar refractivity (Wildman–Crippen MR) is 81.7 cm³/mol. The molecule has 0 fully saturated rings. The van der Waals surface area contributed by atoms with Crippen molar-refractivity contribution in [1.29, 1.82) is 0 Å². The van der Waals surface area contributed by atoms with Gasteiger partial charge in [0.1, 0.15) is 5.82 Å². The third-order valence-electron chi connectivity index (χ3n) is 3.73. The van der Waals surface area contributed by atoms with Crippen LogP contribution in [-0.4, -0.2) is 33.4 Å². The maximum atomic E-state index is 12.2. The second kappa shape index (κ2) is 5.57. The second-order valence-corrected chi connectivity index (χ2v) is 5.37. The maximum absolute atomic E-state index is 12.2. The first-order chi connectivity index (χ1) is 10.1. The van der Waals surface area contributed by atoms with Gasteiger partial charge >= 0.3 is 0 Å². The van der Waals surface area contributed by atoms with Crippen LogP contribution in [0, 0.1) is 6.92 Å². The van der Waals surface area contributed by atoms with Crippen molar-refractivity contribution in [2.45, 2.75) is 20.0 Å². The molecule has 1 aliphatic rings. The van der Waals surface area contributed by atoms with Gasteiger partial charge in [-0.3, -0.25) is 9.69 Å². The zero-order valence-electron chi connectivity index (χ0n) is 12.0. The lowest BCUT2D eigenvalue weighted by Gasteiger charge is -2.26. The van der Waals surface area contributed by atoms with Gasteiger partial charge in [0.05, 0.1) is 13.1 Å². The molecular formula is C15H19N5O. The number of rotatable bonds is 3. The number of anilines is 2. The molecule has 0 saturated heterocycles. The quantitative estimate of drug-likeness (QED) is 0.832. The number of fused-ring (bicyclic) bond motifs is 1. The summed E-state index contributed by atoms with van der Waals surface area (Å²) >= 11 is 0. The number of carbonyl (C=O) groups excluding carboxylic acids is 1. The summed E-state index contributed by atoms with van der Waals surface area (Å²) in [5, 5.41) is 2.93. The molecule has 1 aliphatic heterocycles. The highest BCUT2D eigenvalue weighted by atomic mass is 16.2. The number of amides is 1. The van der Waals surface area contributed by atoms with E-state index in [1.807, 2.05) is 25.3 Å². The number of benzene rings is 1. The normalized spacial score (nSPS) is 14.7. The summed E-state index contributed by atoms with van der Waals surface area (Å²) in [6.07, 6.45) is 3.78. The second-order valence-electron chi connectivity index (χ2n) is 5.37. The van der Waals surface area contributed by atoms with Crippen molar-refractivity contribution < 1.29 is 4.79 Å². The molecule has 1 amide bonds. The van der Waals surface area contributed by atoms with Crippen LogP contribution in [0.1, 0.15) is 11.4 Å². The number of nitrogens with one attached hydrogen (secondary N) is 1. The minimum Gasteiger partial charge on any atom is -0.399 e. The number of imidazole rings is 1. The van der Waals surface area contributed by atoms with Crippen molar-refractivity contribution in [2.24, 2.45) is 0 Å². The zero-order chi connectivity index (χ0) is 14.8. The largest absolute Gasteiger partial charge is 0.399 e. The number of hydrogen-bond donors (Lipinski definition) is 2. The van der Waals surface area contributed by atoms with Gasteiger partial charge in [-0.05, 0) is 24.6 Å². The molecule has 21 heavy (non-hydrogen) atoms. The van der Waals surface area contributed by atoms with Gasteiger partial charge in [0.2, 0.25) is 5.91 Å². The Kier molecular flexibility index (Phi) is 3.62. The summed E-state index contributed by atoms with van der Waals surface area (Å²) in [6.45, 7) is 4.75. The third kappa shape index (κ3) is 3.05. The van der Waals surface area contributed by atoms with Crippen molar-refractivity contribution in [3.8, 4) is 0 Å². The highest BCUT2D eigenvalue weighted by Crippen LogP contribution is 2.18. The number of nitrogens with zero attached hydrogens (tertiary/aromatic N) is 3. The van der Waals surface area contributed by atoms with E-state index in [1.54, 1.807) is 12.3 Å². The average Bonchev–Trinajstić information content (AvgIpc) is 2.90. The van der Waals surface area contributed by atoms with Crippen LogP contribution in [0.5, 0.6) is 0 Å². The number of nitrogen functional groups attached to an aromatic ring is 1. The smallest absolute Gasteiger partial charge is 0.238 e. The Morgan fingerprint density at radius 2 is 2.29 bits per heavy atom. The summed E-state index contributed by atoms with van der Waals surface area (Å²) in [4.78, 5) is 18.6. The van der Waals surface area contributed by atoms with E-state index in [-0.39, 0.29) is 5.91 Å². The van der Waals surface area contributed by atoms with E-state index >= 15 is 0 Å². The molecule has 6 heteroatoms. The van der Waals surface area contributed by atoms with E-state index in [1.165, 1.54) is 0 Å². The number of carbonyl (C=O) groups is 1. The summed E-state index contributed by atoms with van der Waals surface area (Å²) in [5.74, 6) is 0.984. The summed E-state index contributed by atoms with van der Waals surface area (Å²) in [7, 11) is 0. The molecular weight excluding hydrogens is 266 g/mol. The number of aromatic nitrogens is 2. The Labute approximate surface area is 123 Å².